The number of nitrogens with zero attached hydrogens (tertiary/aromatic N) is 4. The van der Waals surface area contributed by atoms with Crippen LogP contribution < -0.4 is 10.0 Å². The summed E-state index contributed by atoms with van der Waals surface area (Å²) in [7, 11) is -3.48. The number of H-pyrrole nitrogens is 1. The van der Waals surface area contributed by atoms with E-state index in [1.165, 1.54) is 11.9 Å². The third-order valence-corrected chi connectivity index (χ3v) is 7.19. The molecule has 0 atom stereocenters. The molecule has 0 spiro atoms. The lowest BCUT2D eigenvalue weighted by Gasteiger charge is -2.37. The Bertz CT molecular complexity index is 1470. The standard InChI is InChI=1S/C21H19N7O3S2/c1-33(29,30)18-11-31-21(27-18)16-10-25-20-15(3-5-24-20)19(16)26-13-7-14(8-13)28-32-17-6-12(9-22)2-4-23-17/h2-6,10-11,13-14,28H,7-8H2,1H3,(H2,24,25,26). The number of nitriles is 1. The average molecular weight is 482 g/mol. The fraction of sp³-hybridized carbons (Fsp3) is 0.238. The molecule has 33 heavy (non-hydrogen) atoms. The van der Waals surface area contributed by atoms with Crippen LogP contribution in [0.5, 0.6) is 0 Å². The van der Waals surface area contributed by atoms with E-state index in [1.807, 2.05) is 6.07 Å². The average Bonchev–Trinajstić information content (AvgIpc) is 3.45. The first-order chi connectivity index (χ1) is 15.9. The van der Waals surface area contributed by atoms with Crippen LogP contribution in [0.1, 0.15) is 18.4 Å². The van der Waals surface area contributed by atoms with Crippen molar-refractivity contribution in [2.24, 2.45) is 0 Å². The molecule has 10 nitrogen and oxygen atoms in total. The van der Waals surface area contributed by atoms with Gasteiger partial charge in [0.2, 0.25) is 5.89 Å². The second kappa shape index (κ2) is 8.51. The summed E-state index contributed by atoms with van der Waals surface area (Å²) in [6.45, 7) is 0. The first-order valence-corrected chi connectivity index (χ1v) is 12.8. The summed E-state index contributed by atoms with van der Waals surface area (Å²) < 4.78 is 32.5. The molecule has 0 radical (unpaired) electrons. The smallest absolute Gasteiger partial charge is 0.230 e. The lowest BCUT2D eigenvalue weighted by molar-refractivity contribution is 0.355. The van der Waals surface area contributed by atoms with E-state index in [4.69, 9.17) is 9.68 Å². The number of fused-ring (bicyclic) bond motifs is 1. The molecule has 168 valence electrons. The zero-order valence-corrected chi connectivity index (χ0v) is 19.1. The molecule has 3 N–H and O–H groups in total. The van der Waals surface area contributed by atoms with Crippen LogP contribution in [0.25, 0.3) is 22.5 Å². The first-order valence-electron chi connectivity index (χ1n) is 10.1. The third kappa shape index (κ3) is 4.43. The van der Waals surface area contributed by atoms with E-state index >= 15 is 0 Å². The van der Waals surface area contributed by atoms with E-state index in [2.05, 4.69) is 36.0 Å². The fourth-order valence-electron chi connectivity index (χ4n) is 3.59. The van der Waals surface area contributed by atoms with E-state index in [-0.39, 0.29) is 23.0 Å². The number of nitrogens with one attached hydrogen (secondary N) is 3. The van der Waals surface area contributed by atoms with Crippen molar-refractivity contribution >= 4 is 38.5 Å². The molecule has 1 fully saturated rings. The molecule has 1 aliphatic carbocycles. The summed E-state index contributed by atoms with van der Waals surface area (Å²) in [5, 5.41) is 14.1. The van der Waals surface area contributed by atoms with Crippen molar-refractivity contribution in [1.29, 1.82) is 5.26 Å². The van der Waals surface area contributed by atoms with Gasteiger partial charge in [-0.05, 0) is 43.0 Å². The summed E-state index contributed by atoms with van der Waals surface area (Å²) in [4.78, 5) is 15.9. The molecule has 0 aliphatic heterocycles. The predicted molar refractivity (Wildman–Crippen MR) is 123 cm³/mol. The summed E-state index contributed by atoms with van der Waals surface area (Å²) in [5.74, 6) is 0.196. The lowest BCUT2D eigenvalue weighted by atomic mass is 9.87. The molecule has 0 amide bonds. The van der Waals surface area contributed by atoms with Crippen molar-refractivity contribution in [2.45, 2.75) is 35.0 Å². The lowest BCUT2D eigenvalue weighted by Crippen LogP contribution is -2.45. The Morgan fingerprint density at radius 3 is 2.88 bits per heavy atom. The van der Waals surface area contributed by atoms with Gasteiger partial charge in [-0.1, -0.05) is 0 Å². The Morgan fingerprint density at radius 2 is 2.12 bits per heavy atom. The SMILES string of the molecule is CS(=O)(=O)c1coc(-c2cnc3[nH]ccc3c2NC2CC(NSc3cc(C#N)ccn3)C2)n1. The van der Waals surface area contributed by atoms with Gasteiger partial charge in [-0.2, -0.15) is 10.2 Å². The van der Waals surface area contributed by atoms with Gasteiger partial charge in [0.1, 0.15) is 16.9 Å². The highest BCUT2D eigenvalue weighted by atomic mass is 32.2. The van der Waals surface area contributed by atoms with Crippen LogP contribution >= 0.6 is 11.9 Å². The van der Waals surface area contributed by atoms with Crippen molar-refractivity contribution in [2.75, 3.05) is 11.6 Å². The molecule has 0 aromatic carbocycles. The topological polar surface area (TPSA) is 150 Å². The fourth-order valence-corrected chi connectivity index (χ4v) is 4.84. The van der Waals surface area contributed by atoms with Crippen molar-refractivity contribution < 1.29 is 12.8 Å². The number of aromatic amines is 1. The monoisotopic (exact) mass is 481 g/mol. The number of sulfone groups is 1. The third-order valence-electron chi connectivity index (χ3n) is 5.36. The van der Waals surface area contributed by atoms with Crippen LogP contribution in [0.4, 0.5) is 5.69 Å². The summed E-state index contributed by atoms with van der Waals surface area (Å²) in [5.41, 5.74) is 2.68. The molecule has 0 unspecified atom stereocenters. The van der Waals surface area contributed by atoms with Crippen LogP contribution in [-0.2, 0) is 9.84 Å². The molecule has 1 saturated carbocycles. The van der Waals surface area contributed by atoms with E-state index in [1.54, 1.807) is 30.7 Å². The van der Waals surface area contributed by atoms with Crippen molar-refractivity contribution in [3.05, 3.63) is 48.6 Å². The van der Waals surface area contributed by atoms with Gasteiger partial charge in [-0.25, -0.2) is 18.4 Å². The highest BCUT2D eigenvalue weighted by Gasteiger charge is 2.31. The van der Waals surface area contributed by atoms with Crippen molar-refractivity contribution in [3.8, 4) is 17.5 Å². The number of hydrogen-bond acceptors (Lipinski definition) is 10. The number of pyridine rings is 2. The zero-order chi connectivity index (χ0) is 23.0. The zero-order valence-electron chi connectivity index (χ0n) is 17.4. The second-order valence-electron chi connectivity index (χ2n) is 7.77. The van der Waals surface area contributed by atoms with E-state index in [0.717, 1.165) is 41.5 Å². The summed E-state index contributed by atoms with van der Waals surface area (Å²) >= 11 is 1.41. The van der Waals surface area contributed by atoms with Gasteiger partial charge in [0, 0.05) is 42.3 Å². The van der Waals surface area contributed by atoms with Crippen LogP contribution in [0.15, 0.2) is 57.5 Å². The molecule has 4 aromatic rings. The van der Waals surface area contributed by atoms with Gasteiger partial charge >= 0.3 is 0 Å². The van der Waals surface area contributed by atoms with Gasteiger partial charge in [0.05, 0.1) is 22.9 Å². The van der Waals surface area contributed by atoms with Gasteiger partial charge < -0.3 is 14.7 Å². The largest absolute Gasteiger partial charge is 0.443 e. The summed E-state index contributed by atoms with van der Waals surface area (Å²) in [6.07, 6.45) is 9.03. The number of oxazole rings is 1. The van der Waals surface area contributed by atoms with Crippen LogP contribution in [0, 0.1) is 11.3 Å². The Hall–Kier alpha value is -3.40. The molecule has 1 aliphatic rings. The first kappa shape index (κ1) is 21.4. The predicted octanol–water partition coefficient (Wildman–Crippen LogP) is 3.13. The van der Waals surface area contributed by atoms with Crippen LogP contribution in [-0.4, -0.2) is 46.7 Å². The van der Waals surface area contributed by atoms with Gasteiger partial charge in [-0.3, -0.25) is 4.72 Å². The van der Waals surface area contributed by atoms with E-state index in [0.29, 0.717) is 16.8 Å². The molecule has 0 bridgehead atoms. The minimum absolute atomic E-state index is 0.114. The van der Waals surface area contributed by atoms with E-state index in [9.17, 15) is 8.42 Å². The maximum atomic E-state index is 11.8. The molecule has 4 heterocycles. The van der Waals surface area contributed by atoms with Crippen LogP contribution in [0.3, 0.4) is 0 Å². The highest BCUT2D eigenvalue weighted by molar-refractivity contribution is 7.97. The minimum Gasteiger partial charge on any atom is -0.443 e. The molecule has 5 rings (SSSR count). The molecular weight excluding hydrogens is 462 g/mol. The van der Waals surface area contributed by atoms with Crippen molar-refractivity contribution in [1.82, 2.24) is 24.7 Å². The maximum absolute atomic E-state index is 11.8. The molecule has 12 heteroatoms. The normalized spacial score (nSPS) is 18.1. The van der Waals surface area contributed by atoms with E-state index < -0.39 is 9.84 Å². The Morgan fingerprint density at radius 1 is 1.27 bits per heavy atom. The Kier molecular flexibility index (Phi) is 5.53. The summed E-state index contributed by atoms with van der Waals surface area (Å²) in [6, 6.07) is 7.93. The second-order valence-corrected chi connectivity index (χ2v) is 10.6. The highest BCUT2D eigenvalue weighted by Crippen LogP contribution is 2.36. The number of hydrogen-bond donors (Lipinski definition) is 3. The number of aromatic nitrogens is 4. The Labute approximate surface area is 193 Å². The van der Waals surface area contributed by atoms with Gasteiger partial charge in [0.15, 0.2) is 14.9 Å². The van der Waals surface area contributed by atoms with Crippen molar-refractivity contribution in [3.63, 3.8) is 0 Å². The number of rotatable bonds is 7. The molecule has 0 saturated heterocycles. The van der Waals surface area contributed by atoms with Crippen LogP contribution in [0.2, 0.25) is 0 Å². The van der Waals surface area contributed by atoms with Gasteiger partial charge in [0.25, 0.3) is 0 Å². The molecular formula is C21H19N7O3S2. The number of anilines is 1. The minimum atomic E-state index is -3.48. The maximum Gasteiger partial charge on any atom is 0.230 e. The quantitative estimate of drug-likeness (QED) is 0.336. The Balaban J connectivity index is 1.30. The molecule has 4 aromatic heterocycles. The van der Waals surface area contributed by atoms with Gasteiger partial charge in [-0.15, -0.1) is 0 Å².